The third-order valence-electron chi connectivity index (χ3n) is 1.56. The number of aromatic carboxylic acids is 1. The summed E-state index contributed by atoms with van der Waals surface area (Å²) in [6.45, 7) is 1.08. The first kappa shape index (κ1) is 14.6. The van der Waals surface area contributed by atoms with Crippen LogP contribution < -0.4 is 0 Å². The minimum Gasteiger partial charge on any atom is -0.481 e. The molecule has 0 bridgehead atoms. The average Bonchev–Trinajstić information content (AvgIpc) is 2.27. The van der Waals surface area contributed by atoms with Crippen LogP contribution in [0.5, 0.6) is 0 Å². The van der Waals surface area contributed by atoms with Gasteiger partial charge >= 0.3 is 11.9 Å². The fourth-order valence-electron chi connectivity index (χ4n) is 0.958. The van der Waals surface area contributed by atoms with Crippen molar-refractivity contribution in [1.82, 2.24) is 0 Å². The Hall–Kier alpha value is -2.37. The Morgan fingerprint density at radius 1 is 1.06 bits per heavy atom. The van der Waals surface area contributed by atoms with Gasteiger partial charge in [-0.1, -0.05) is 12.1 Å². The number of benzene rings is 1. The first-order valence-electron chi connectivity index (χ1n) is 4.50. The molecule has 0 saturated heterocycles. The molecule has 0 atom stereocenters. The lowest BCUT2D eigenvalue weighted by Gasteiger charge is -2.02. The van der Waals surface area contributed by atoms with Crippen molar-refractivity contribution in [2.75, 3.05) is 7.11 Å². The lowest BCUT2D eigenvalue weighted by molar-refractivity contribution is -0.134. The van der Waals surface area contributed by atoms with Crippen LogP contribution >= 0.6 is 0 Å². The summed E-state index contributed by atoms with van der Waals surface area (Å²) in [5.74, 6) is -2.61. The van der Waals surface area contributed by atoms with Gasteiger partial charge in [-0.15, -0.1) is 0 Å². The number of methoxy groups -OCH3 is 1. The zero-order valence-corrected chi connectivity index (χ0v) is 9.34. The number of rotatable bonds is 2. The van der Waals surface area contributed by atoms with E-state index in [1.807, 2.05) is 0 Å². The van der Waals surface area contributed by atoms with Crippen LogP contribution in [-0.4, -0.2) is 35.2 Å². The number of hydrogen-bond donors (Lipinski definition) is 2. The van der Waals surface area contributed by atoms with E-state index >= 15 is 0 Å². The van der Waals surface area contributed by atoms with E-state index in [1.165, 1.54) is 19.2 Å². The second-order valence-electron chi connectivity index (χ2n) is 2.86. The summed E-state index contributed by atoms with van der Waals surface area (Å²) in [7, 11) is 1.21. The number of carbonyl (C=O) groups excluding carboxylic acids is 1. The molecule has 1 rings (SSSR count). The quantitative estimate of drug-likeness (QED) is 0.754. The molecule has 0 aliphatic heterocycles. The first-order chi connectivity index (χ1) is 7.90. The van der Waals surface area contributed by atoms with E-state index in [1.54, 1.807) is 12.1 Å². The summed E-state index contributed by atoms with van der Waals surface area (Å²) in [5.41, 5.74) is 0.0202. The maximum absolute atomic E-state index is 11.1. The highest BCUT2D eigenvalue weighted by Crippen LogP contribution is 2.09. The van der Waals surface area contributed by atoms with Crippen LogP contribution in [0, 0.1) is 0 Å². The van der Waals surface area contributed by atoms with E-state index in [4.69, 9.17) is 15.0 Å². The van der Waals surface area contributed by atoms with Gasteiger partial charge in [-0.25, -0.2) is 9.59 Å². The molecule has 0 radical (unpaired) electrons. The van der Waals surface area contributed by atoms with Gasteiger partial charge in [0.2, 0.25) is 0 Å². The van der Waals surface area contributed by atoms with Gasteiger partial charge in [0.1, 0.15) is 0 Å². The Morgan fingerprint density at radius 2 is 1.47 bits per heavy atom. The normalized spacial score (nSPS) is 8.59. The summed E-state index contributed by atoms with van der Waals surface area (Å²) in [4.78, 5) is 30.7. The van der Waals surface area contributed by atoms with Gasteiger partial charge in [0, 0.05) is 6.92 Å². The molecule has 92 valence electrons. The summed E-state index contributed by atoms with van der Waals surface area (Å²) in [6, 6.07) is 5.90. The highest BCUT2D eigenvalue weighted by Gasteiger charge is 2.15. The number of aliphatic carboxylic acids is 1. The predicted molar refractivity (Wildman–Crippen MR) is 58.1 cm³/mol. The molecule has 0 unspecified atom stereocenters. The van der Waals surface area contributed by atoms with Crippen molar-refractivity contribution < 1.29 is 29.3 Å². The molecule has 1 aromatic rings. The van der Waals surface area contributed by atoms with Crippen molar-refractivity contribution in [3.05, 3.63) is 35.4 Å². The summed E-state index contributed by atoms with van der Waals surface area (Å²) < 4.78 is 4.42. The SMILES string of the molecule is CC(=O)O.COC(=O)c1ccccc1C(=O)O. The van der Waals surface area contributed by atoms with Crippen LogP contribution in [0.25, 0.3) is 0 Å². The molecule has 1 aromatic carbocycles. The minimum absolute atomic E-state index is 0.0469. The first-order valence-corrected chi connectivity index (χ1v) is 4.50. The van der Waals surface area contributed by atoms with E-state index in [9.17, 15) is 9.59 Å². The Bertz CT molecular complexity index is 420. The molecule has 0 saturated carbocycles. The third-order valence-corrected chi connectivity index (χ3v) is 1.56. The molecule has 2 N–H and O–H groups in total. The van der Waals surface area contributed by atoms with Gasteiger partial charge < -0.3 is 14.9 Å². The van der Waals surface area contributed by atoms with Gasteiger partial charge in [-0.2, -0.15) is 0 Å². The topological polar surface area (TPSA) is 101 Å². The summed E-state index contributed by atoms with van der Waals surface area (Å²) in [5, 5.41) is 16.1. The molecule has 6 heteroatoms. The maximum atomic E-state index is 11.1. The molecular weight excluding hydrogens is 228 g/mol. The number of carbonyl (C=O) groups is 3. The Kier molecular flexibility index (Phi) is 6.02. The minimum atomic E-state index is -1.14. The molecule has 0 aromatic heterocycles. The maximum Gasteiger partial charge on any atom is 0.338 e. The van der Waals surface area contributed by atoms with E-state index < -0.39 is 17.9 Å². The molecule has 0 spiro atoms. The molecule has 0 aliphatic carbocycles. The Labute approximate surface area is 97.4 Å². The monoisotopic (exact) mass is 240 g/mol. The van der Waals surface area contributed by atoms with Gasteiger partial charge in [-0.05, 0) is 12.1 Å². The van der Waals surface area contributed by atoms with Crippen LogP contribution in [0.3, 0.4) is 0 Å². The molecule has 0 fully saturated rings. The van der Waals surface area contributed by atoms with Crippen molar-refractivity contribution in [2.24, 2.45) is 0 Å². The predicted octanol–water partition coefficient (Wildman–Crippen LogP) is 1.26. The van der Waals surface area contributed by atoms with E-state index in [2.05, 4.69) is 4.74 Å². The lowest BCUT2D eigenvalue weighted by Crippen LogP contribution is -2.09. The zero-order valence-electron chi connectivity index (χ0n) is 9.34. The van der Waals surface area contributed by atoms with Gasteiger partial charge in [0.05, 0.1) is 18.2 Å². The summed E-state index contributed by atoms with van der Waals surface area (Å²) >= 11 is 0. The average molecular weight is 240 g/mol. The fourth-order valence-corrected chi connectivity index (χ4v) is 0.958. The highest BCUT2D eigenvalue weighted by atomic mass is 16.5. The van der Waals surface area contributed by atoms with Crippen molar-refractivity contribution in [3.8, 4) is 0 Å². The van der Waals surface area contributed by atoms with Crippen LogP contribution in [-0.2, 0) is 9.53 Å². The van der Waals surface area contributed by atoms with Crippen LogP contribution in [0.2, 0.25) is 0 Å². The molecule has 0 amide bonds. The number of carboxylic acid groups (broad SMARTS) is 2. The smallest absolute Gasteiger partial charge is 0.338 e. The van der Waals surface area contributed by atoms with Crippen LogP contribution in [0.4, 0.5) is 0 Å². The van der Waals surface area contributed by atoms with Crippen molar-refractivity contribution >= 4 is 17.9 Å². The highest BCUT2D eigenvalue weighted by molar-refractivity contribution is 6.02. The van der Waals surface area contributed by atoms with Crippen molar-refractivity contribution in [2.45, 2.75) is 6.92 Å². The second kappa shape index (κ2) is 7.00. The molecule has 17 heavy (non-hydrogen) atoms. The number of esters is 1. The van der Waals surface area contributed by atoms with Crippen LogP contribution in [0.1, 0.15) is 27.6 Å². The third kappa shape index (κ3) is 5.31. The fraction of sp³-hybridized carbons (Fsp3) is 0.182. The van der Waals surface area contributed by atoms with Gasteiger partial charge in [-0.3, -0.25) is 4.79 Å². The number of hydrogen-bond acceptors (Lipinski definition) is 4. The lowest BCUT2D eigenvalue weighted by atomic mass is 10.1. The standard InChI is InChI=1S/C9H8O4.C2H4O2/c1-13-9(12)7-5-3-2-4-6(7)8(10)11;1-2(3)4/h2-5H,1H3,(H,10,11);1H3,(H,3,4). The largest absolute Gasteiger partial charge is 0.481 e. The van der Waals surface area contributed by atoms with Crippen LogP contribution in [0.15, 0.2) is 24.3 Å². The number of ether oxygens (including phenoxy) is 1. The number of carboxylic acids is 2. The molecule has 6 nitrogen and oxygen atoms in total. The second-order valence-corrected chi connectivity index (χ2v) is 2.86. The Balaban J connectivity index is 0.000000557. The van der Waals surface area contributed by atoms with Gasteiger partial charge in [0.15, 0.2) is 0 Å². The Morgan fingerprint density at radius 3 is 1.82 bits per heavy atom. The van der Waals surface area contributed by atoms with E-state index in [0.29, 0.717) is 0 Å². The van der Waals surface area contributed by atoms with E-state index in [0.717, 1.165) is 6.92 Å². The van der Waals surface area contributed by atoms with Gasteiger partial charge in [0.25, 0.3) is 5.97 Å². The van der Waals surface area contributed by atoms with Crippen molar-refractivity contribution in [1.29, 1.82) is 0 Å². The molecular formula is C11H12O6. The zero-order chi connectivity index (χ0) is 13.4. The molecule has 0 heterocycles. The summed E-state index contributed by atoms with van der Waals surface area (Å²) in [6.07, 6.45) is 0. The van der Waals surface area contributed by atoms with E-state index in [-0.39, 0.29) is 11.1 Å². The van der Waals surface area contributed by atoms with Crippen molar-refractivity contribution in [3.63, 3.8) is 0 Å². The molecule has 0 aliphatic rings.